The van der Waals surface area contributed by atoms with Crippen molar-refractivity contribution in [1.29, 1.82) is 0 Å². The van der Waals surface area contributed by atoms with Crippen LogP contribution in [0.25, 0.3) is 6.08 Å². The minimum atomic E-state index is 0.650. The molecular weight excluding hydrogens is 154 g/mol. The number of hydrogen-bond donors (Lipinski definition) is 1. The first-order valence-corrected chi connectivity index (χ1v) is 4.47. The van der Waals surface area contributed by atoms with E-state index in [1.807, 2.05) is 0 Å². The van der Waals surface area contributed by atoms with Crippen LogP contribution in [-0.2, 0) is 0 Å². The fraction of sp³-hybridized carbons (Fsp3) is 0.333. The Morgan fingerprint density at radius 1 is 1.64 bits per heavy atom. The van der Waals surface area contributed by atoms with Gasteiger partial charge in [0, 0.05) is 16.3 Å². The average Bonchev–Trinajstić information content (AvgIpc) is 2.35. The van der Waals surface area contributed by atoms with Gasteiger partial charge in [-0.25, -0.2) is 0 Å². The molecule has 0 unspecified atom stereocenters. The molecule has 0 spiro atoms. The van der Waals surface area contributed by atoms with Crippen molar-refractivity contribution in [2.45, 2.75) is 13.8 Å². The summed E-state index contributed by atoms with van der Waals surface area (Å²) in [6, 6.07) is 4.25. The molecule has 0 aliphatic heterocycles. The topological polar surface area (TPSA) is 26.0 Å². The molecule has 0 aliphatic rings. The first-order chi connectivity index (χ1) is 5.22. The zero-order valence-corrected chi connectivity index (χ0v) is 7.74. The fourth-order valence-corrected chi connectivity index (χ4v) is 1.74. The average molecular weight is 167 g/mol. The van der Waals surface area contributed by atoms with E-state index in [-0.39, 0.29) is 0 Å². The van der Waals surface area contributed by atoms with Crippen LogP contribution in [0.2, 0.25) is 0 Å². The first-order valence-electron chi connectivity index (χ1n) is 3.66. The molecule has 0 saturated carbocycles. The van der Waals surface area contributed by atoms with Crippen molar-refractivity contribution >= 4 is 17.4 Å². The predicted molar refractivity (Wildman–Crippen MR) is 51.8 cm³/mol. The van der Waals surface area contributed by atoms with Crippen molar-refractivity contribution in [1.82, 2.24) is 0 Å². The van der Waals surface area contributed by atoms with Gasteiger partial charge < -0.3 is 5.73 Å². The molecule has 0 fully saturated rings. The Kier molecular flexibility index (Phi) is 2.85. The standard InChI is InChI=1S/C9H13NS/c1-7(6-10)5-9-4-3-8(2)11-9/h3-5H,6,10H2,1-2H3/b7-5-. The summed E-state index contributed by atoms with van der Waals surface area (Å²) >= 11 is 1.80. The minimum absolute atomic E-state index is 0.650. The van der Waals surface area contributed by atoms with E-state index < -0.39 is 0 Å². The zero-order valence-electron chi connectivity index (χ0n) is 6.92. The van der Waals surface area contributed by atoms with Gasteiger partial charge in [0.15, 0.2) is 0 Å². The first kappa shape index (κ1) is 8.50. The van der Waals surface area contributed by atoms with Gasteiger partial charge in [0.05, 0.1) is 0 Å². The Hall–Kier alpha value is -0.600. The predicted octanol–water partition coefficient (Wildman–Crippen LogP) is 2.42. The Labute approximate surface area is 71.5 Å². The highest BCUT2D eigenvalue weighted by atomic mass is 32.1. The van der Waals surface area contributed by atoms with E-state index in [1.54, 1.807) is 11.3 Å². The van der Waals surface area contributed by atoms with Crippen LogP contribution >= 0.6 is 11.3 Å². The van der Waals surface area contributed by atoms with E-state index in [0.29, 0.717) is 6.54 Å². The van der Waals surface area contributed by atoms with Crippen molar-refractivity contribution in [2.24, 2.45) is 5.73 Å². The molecule has 1 rings (SSSR count). The fourth-order valence-electron chi connectivity index (χ4n) is 0.833. The highest BCUT2D eigenvalue weighted by Crippen LogP contribution is 2.17. The van der Waals surface area contributed by atoms with Crippen LogP contribution in [0.15, 0.2) is 17.7 Å². The highest BCUT2D eigenvalue weighted by molar-refractivity contribution is 7.12. The molecule has 0 radical (unpaired) electrons. The maximum atomic E-state index is 5.46. The second-order valence-corrected chi connectivity index (χ2v) is 3.96. The number of hydrogen-bond acceptors (Lipinski definition) is 2. The van der Waals surface area contributed by atoms with E-state index in [0.717, 1.165) is 0 Å². The van der Waals surface area contributed by atoms with Crippen LogP contribution in [0.4, 0.5) is 0 Å². The van der Waals surface area contributed by atoms with Gasteiger partial charge >= 0.3 is 0 Å². The summed E-state index contributed by atoms with van der Waals surface area (Å²) in [4.78, 5) is 2.64. The van der Waals surface area contributed by atoms with Gasteiger partial charge in [-0.2, -0.15) is 0 Å². The number of nitrogens with two attached hydrogens (primary N) is 1. The molecular formula is C9H13NS. The van der Waals surface area contributed by atoms with Gasteiger partial charge in [-0.05, 0) is 32.1 Å². The third kappa shape index (κ3) is 2.48. The van der Waals surface area contributed by atoms with Gasteiger partial charge in [0.2, 0.25) is 0 Å². The van der Waals surface area contributed by atoms with Gasteiger partial charge in [-0.1, -0.05) is 5.57 Å². The van der Waals surface area contributed by atoms with E-state index in [9.17, 15) is 0 Å². The van der Waals surface area contributed by atoms with Crippen LogP contribution in [0.1, 0.15) is 16.7 Å². The molecule has 2 heteroatoms. The second kappa shape index (κ2) is 3.69. The van der Waals surface area contributed by atoms with E-state index >= 15 is 0 Å². The molecule has 0 amide bonds. The zero-order chi connectivity index (χ0) is 8.27. The van der Waals surface area contributed by atoms with E-state index in [4.69, 9.17) is 5.73 Å². The summed E-state index contributed by atoms with van der Waals surface area (Å²) in [6.45, 7) is 4.81. The van der Waals surface area contributed by atoms with Gasteiger partial charge in [-0.15, -0.1) is 11.3 Å². The maximum Gasteiger partial charge on any atom is 0.0273 e. The van der Waals surface area contributed by atoms with Gasteiger partial charge in [-0.3, -0.25) is 0 Å². The number of aryl methyl sites for hydroxylation is 1. The monoisotopic (exact) mass is 167 g/mol. The van der Waals surface area contributed by atoms with Crippen LogP contribution < -0.4 is 5.73 Å². The molecule has 0 aliphatic carbocycles. The molecule has 60 valence electrons. The largest absolute Gasteiger partial charge is 0.327 e. The van der Waals surface area contributed by atoms with Crippen molar-refractivity contribution in [3.63, 3.8) is 0 Å². The molecule has 1 nitrogen and oxygen atoms in total. The van der Waals surface area contributed by atoms with E-state index in [1.165, 1.54) is 15.3 Å². The lowest BCUT2D eigenvalue weighted by molar-refractivity contribution is 1.15. The smallest absolute Gasteiger partial charge is 0.0273 e. The van der Waals surface area contributed by atoms with Crippen LogP contribution in [0.3, 0.4) is 0 Å². The molecule has 0 atom stereocenters. The Morgan fingerprint density at radius 2 is 2.36 bits per heavy atom. The summed E-state index contributed by atoms with van der Waals surface area (Å²) < 4.78 is 0. The second-order valence-electron chi connectivity index (χ2n) is 2.64. The molecule has 11 heavy (non-hydrogen) atoms. The van der Waals surface area contributed by atoms with Crippen molar-refractivity contribution in [3.8, 4) is 0 Å². The SMILES string of the molecule is C/C(=C/c1ccc(C)s1)CN. The lowest BCUT2D eigenvalue weighted by atomic mass is 10.2. The van der Waals surface area contributed by atoms with E-state index in [2.05, 4.69) is 32.1 Å². The number of thiophene rings is 1. The maximum absolute atomic E-state index is 5.46. The van der Waals surface area contributed by atoms with Crippen molar-refractivity contribution in [3.05, 3.63) is 27.5 Å². The molecule has 1 heterocycles. The lowest BCUT2D eigenvalue weighted by Crippen LogP contribution is -1.98. The van der Waals surface area contributed by atoms with Crippen LogP contribution in [0, 0.1) is 6.92 Å². The molecule has 2 N–H and O–H groups in total. The number of rotatable bonds is 2. The Bertz CT molecular complexity index is 260. The van der Waals surface area contributed by atoms with Gasteiger partial charge in [0.25, 0.3) is 0 Å². The molecule has 0 saturated heterocycles. The Morgan fingerprint density at radius 3 is 2.82 bits per heavy atom. The van der Waals surface area contributed by atoms with Crippen molar-refractivity contribution in [2.75, 3.05) is 6.54 Å². The van der Waals surface area contributed by atoms with Crippen LogP contribution in [0.5, 0.6) is 0 Å². The molecule has 1 aromatic heterocycles. The van der Waals surface area contributed by atoms with Crippen LogP contribution in [-0.4, -0.2) is 6.54 Å². The van der Waals surface area contributed by atoms with Crippen molar-refractivity contribution < 1.29 is 0 Å². The summed E-state index contributed by atoms with van der Waals surface area (Å²) in [5.74, 6) is 0. The summed E-state index contributed by atoms with van der Waals surface area (Å²) in [7, 11) is 0. The molecule has 1 aromatic rings. The summed E-state index contributed by atoms with van der Waals surface area (Å²) in [6.07, 6.45) is 2.14. The summed E-state index contributed by atoms with van der Waals surface area (Å²) in [5, 5.41) is 0. The lowest BCUT2D eigenvalue weighted by Gasteiger charge is -1.91. The summed E-state index contributed by atoms with van der Waals surface area (Å²) in [5.41, 5.74) is 6.69. The molecule has 0 bridgehead atoms. The minimum Gasteiger partial charge on any atom is -0.327 e. The quantitative estimate of drug-likeness (QED) is 0.719. The third-order valence-corrected chi connectivity index (χ3v) is 2.42. The third-order valence-electron chi connectivity index (χ3n) is 1.47. The Balaban J connectivity index is 2.78. The normalized spacial score (nSPS) is 12.1. The van der Waals surface area contributed by atoms with Gasteiger partial charge in [0.1, 0.15) is 0 Å². The highest BCUT2D eigenvalue weighted by Gasteiger charge is 1.92. The molecule has 0 aromatic carbocycles.